The molecule has 0 spiro atoms. The van der Waals surface area contributed by atoms with Crippen LogP contribution < -0.4 is 5.56 Å². The van der Waals surface area contributed by atoms with Gasteiger partial charge in [0.05, 0.1) is 11.4 Å². The molecule has 0 bridgehead atoms. The summed E-state index contributed by atoms with van der Waals surface area (Å²) in [4.78, 5) is 22.0. The molecule has 0 aromatic carbocycles. The smallest absolute Gasteiger partial charge is 0.258 e. The summed E-state index contributed by atoms with van der Waals surface area (Å²) in [5.41, 5.74) is 3.06. The van der Waals surface area contributed by atoms with Gasteiger partial charge in [0.15, 0.2) is 10.1 Å². The van der Waals surface area contributed by atoms with E-state index in [1.165, 1.54) is 17.0 Å². The van der Waals surface area contributed by atoms with Crippen molar-refractivity contribution in [3.05, 3.63) is 45.1 Å². The topological polar surface area (TPSA) is 52.2 Å². The summed E-state index contributed by atoms with van der Waals surface area (Å²) >= 11 is 3.12. The van der Waals surface area contributed by atoms with E-state index < -0.39 is 0 Å². The minimum absolute atomic E-state index is 0.0234. The zero-order valence-electron chi connectivity index (χ0n) is 13.7. The van der Waals surface area contributed by atoms with Gasteiger partial charge in [-0.3, -0.25) is 9.20 Å². The number of thioether (sulfide) groups is 1. The fraction of sp³-hybridized carbons (Fsp3) is 0.438. The van der Waals surface area contributed by atoms with Crippen LogP contribution in [0.5, 0.6) is 0 Å². The van der Waals surface area contributed by atoms with Gasteiger partial charge in [-0.1, -0.05) is 25.6 Å². The maximum atomic E-state index is 12.0. The first-order valence-corrected chi connectivity index (χ1v) is 9.44. The van der Waals surface area contributed by atoms with Crippen LogP contribution in [0.15, 0.2) is 27.6 Å². The minimum Gasteiger partial charge on any atom is -0.323 e. The third kappa shape index (κ3) is 3.35. The Hall–Kier alpha value is -1.60. The largest absolute Gasteiger partial charge is 0.323 e. The Bertz CT molecular complexity index is 891. The summed E-state index contributed by atoms with van der Waals surface area (Å²) in [5.74, 6) is 1.21. The summed E-state index contributed by atoms with van der Waals surface area (Å²) in [5, 5.41) is 2.88. The van der Waals surface area contributed by atoms with E-state index in [4.69, 9.17) is 0 Å². The molecule has 0 saturated carbocycles. The molecule has 0 aliphatic heterocycles. The fourth-order valence-electron chi connectivity index (χ4n) is 2.41. The molecule has 122 valence electrons. The SMILES string of the molecule is Cc1nc(SCc2cc(=O)n3ccsc3n2)n(CC(C)C)c1C. The Morgan fingerprint density at radius 2 is 2.09 bits per heavy atom. The highest BCUT2D eigenvalue weighted by molar-refractivity contribution is 7.98. The third-order valence-electron chi connectivity index (χ3n) is 3.68. The lowest BCUT2D eigenvalue weighted by molar-refractivity contribution is 0.486. The van der Waals surface area contributed by atoms with Crippen molar-refractivity contribution in [2.75, 3.05) is 0 Å². The summed E-state index contributed by atoms with van der Waals surface area (Å²) < 4.78 is 3.84. The first kappa shape index (κ1) is 16.3. The molecule has 3 heterocycles. The number of aromatic nitrogens is 4. The van der Waals surface area contributed by atoms with Crippen molar-refractivity contribution in [2.24, 2.45) is 5.92 Å². The van der Waals surface area contributed by atoms with E-state index in [1.807, 2.05) is 12.3 Å². The predicted molar refractivity (Wildman–Crippen MR) is 95.4 cm³/mol. The van der Waals surface area contributed by atoms with E-state index >= 15 is 0 Å². The average molecular weight is 348 g/mol. The molecule has 3 aromatic rings. The Morgan fingerprint density at radius 1 is 1.30 bits per heavy atom. The Morgan fingerprint density at radius 3 is 2.83 bits per heavy atom. The van der Waals surface area contributed by atoms with Crippen LogP contribution in [-0.2, 0) is 12.3 Å². The number of fused-ring (bicyclic) bond motifs is 1. The van der Waals surface area contributed by atoms with Crippen molar-refractivity contribution in [1.29, 1.82) is 0 Å². The molecule has 0 aliphatic rings. The second kappa shape index (κ2) is 6.49. The molecular weight excluding hydrogens is 328 g/mol. The molecule has 0 unspecified atom stereocenters. The zero-order chi connectivity index (χ0) is 16.6. The van der Waals surface area contributed by atoms with Gasteiger partial charge < -0.3 is 4.57 Å². The normalized spacial score (nSPS) is 11.7. The van der Waals surface area contributed by atoms with Gasteiger partial charge in [0.2, 0.25) is 0 Å². The van der Waals surface area contributed by atoms with Crippen LogP contribution in [0, 0.1) is 19.8 Å². The van der Waals surface area contributed by atoms with Crippen LogP contribution in [0.2, 0.25) is 0 Å². The highest BCUT2D eigenvalue weighted by Crippen LogP contribution is 2.25. The van der Waals surface area contributed by atoms with Crippen LogP contribution in [0.4, 0.5) is 0 Å². The van der Waals surface area contributed by atoms with E-state index in [2.05, 4.69) is 35.3 Å². The van der Waals surface area contributed by atoms with Gasteiger partial charge in [-0.15, -0.1) is 11.3 Å². The molecule has 0 fully saturated rings. The van der Waals surface area contributed by atoms with Crippen LogP contribution in [0.1, 0.15) is 30.9 Å². The highest BCUT2D eigenvalue weighted by atomic mass is 32.2. The Labute approximate surface area is 143 Å². The predicted octanol–water partition coefficient (Wildman–Crippen LogP) is 3.52. The molecule has 0 radical (unpaired) electrons. The standard InChI is InChI=1S/C16H20N4OS2/c1-10(2)8-20-12(4)11(3)17-15(20)23-9-13-7-14(21)19-5-6-22-16(19)18-13/h5-7,10H,8-9H2,1-4H3. The molecule has 0 saturated heterocycles. The van der Waals surface area contributed by atoms with E-state index in [0.717, 1.165) is 28.0 Å². The number of rotatable bonds is 5. The van der Waals surface area contributed by atoms with E-state index in [9.17, 15) is 4.79 Å². The van der Waals surface area contributed by atoms with Crippen molar-refractivity contribution in [2.45, 2.75) is 45.1 Å². The second-order valence-electron chi connectivity index (χ2n) is 6.00. The van der Waals surface area contributed by atoms with Crippen molar-refractivity contribution in [3.63, 3.8) is 0 Å². The lowest BCUT2D eigenvalue weighted by Crippen LogP contribution is -2.12. The number of nitrogens with zero attached hydrogens (tertiary/aromatic N) is 4. The van der Waals surface area contributed by atoms with Gasteiger partial charge in [-0.2, -0.15) is 0 Å². The number of hydrogen-bond acceptors (Lipinski definition) is 5. The quantitative estimate of drug-likeness (QED) is 0.662. The molecule has 0 amide bonds. The number of aryl methyl sites for hydroxylation is 1. The first-order valence-electron chi connectivity index (χ1n) is 7.58. The average Bonchev–Trinajstić information content (AvgIpc) is 3.05. The third-order valence-corrected chi connectivity index (χ3v) is 5.44. The molecular formula is C16H20N4OS2. The fourth-order valence-corrected chi connectivity index (χ4v) is 4.15. The van der Waals surface area contributed by atoms with Gasteiger partial charge in [0.25, 0.3) is 5.56 Å². The molecule has 23 heavy (non-hydrogen) atoms. The van der Waals surface area contributed by atoms with Crippen LogP contribution in [0.3, 0.4) is 0 Å². The van der Waals surface area contributed by atoms with Crippen LogP contribution in [-0.4, -0.2) is 18.9 Å². The summed E-state index contributed by atoms with van der Waals surface area (Å²) in [6.07, 6.45) is 1.76. The molecule has 3 aromatic heterocycles. The molecule has 3 rings (SSSR count). The molecule has 0 aliphatic carbocycles. The minimum atomic E-state index is -0.0234. The van der Waals surface area contributed by atoms with Crippen molar-refractivity contribution in [1.82, 2.24) is 18.9 Å². The lowest BCUT2D eigenvalue weighted by atomic mass is 10.2. The highest BCUT2D eigenvalue weighted by Gasteiger charge is 2.13. The number of hydrogen-bond donors (Lipinski definition) is 0. The van der Waals surface area contributed by atoms with E-state index in [0.29, 0.717) is 11.7 Å². The summed E-state index contributed by atoms with van der Waals surface area (Å²) in [7, 11) is 0. The monoisotopic (exact) mass is 348 g/mol. The first-order chi connectivity index (χ1) is 11.0. The summed E-state index contributed by atoms with van der Waals surface area (Å²) in [6.45, 7) is 9.51. The maximum absolute atomic E-state index is 12.0. The number of thiazole rings is 1. The van der Waals surface area contributed by atoms with Gasteiger partial charge >= 0.3 is 0 Å². The second-order valence-corrected chi connectivity index (χ2v) is 7.82. The Kier molecular flexibility index (Phi) is 4.59. The molecule has 7 heteroatoms. The van der Waals surface area contributed by atoms with Crippen LogP contribution in [0.25, 0.3) is 4.96 Å². The van der Waals surface area contributed by atoms with Crippen molar-refractivity contribution in [3.8, 4) is 0 Å². The van der Waals surface area contributed by atoms with E-state index in [-0.39, 0.29) is 5.56 Å². The molecule has 5 nitrogen and oxygen atoms in total. The zero-order valence-corrected chi connectivity index (χ0v) is 15.4. The van der Waals surface area contributed by atoms with Crippen LogP contribution >= 0.6 is 23.1 Å². The molecule has 0 N–H and O–H groups in total. The maximum Gasteiger partial charge on any atom is 0.258 e. The number of imidazole rings is 1. The van der Waals surface area contributed by atoms with Gasteiger partial charge in [-0.05, 0) is 19.8 Å². The van der Waals surface area contributed by atoms with Gasteiger partial charge in [0, 0.05) is 35.6 Å². The van der Waals surface area contributed by atoms with Gasteiger partial charge in [0.1, 0.15) is 0 Å². The molecule has 0 atom stereocenters. The van der Waals surface area contributed by atoms with Crippen molar-refractivity contribution < 1.29 is 0 Å². The van der Waals surface area contributed by atoms with E-state index in [1.54, 1.807) is 28.4 Å². The van der Waals surface area contributed by atoms with Crippen molar-refractivity contribution >= 4 is 28.1 Å². The Balaban J connectivity index is 1.84. The lowest BCUT2D eigenvalue weighted by Gasteiger charge is -2.12. The van der Waals surface area contributed by atoms with Gasteiger partial charge in [-0.25, -0.2) is 9.97 Å². The summed E-state index contributed by atoms with van der Waals surface area (Å²) in [6, 6.07) is 1.61.